The zero-order chi connectivity index (χ0) is 17.5. The second kappa shape index (κ2) is 5.63. The molecule has 0 unspecified atom stereocenters. The van der Waals surface area contributed by atoms with E-state index < -0.39 is 29.7 Å². The minimum absolute atomic E-state index is 0.0105. The number of hydrogen-bond acceptors (Lipinski definition) is 8. The number of aliphatic hydroxyl groups is 1. The fourth-order valence-corrected chi connectivity index (χ4v) is 2.55. The van der Waals surface area contributed by atoms with Gasteiger partial charge < -0.3 is 20.4 Å². The second-order valence-electron chi connectivity index (χ2n) is 5.43. The number of nitrogen functional groups attached to an aromatic ring is 1. The number of H-pyrrole nitrogens is 1. The molecule has 3 heterocycles. The summed E-state index contributed by atoms with van der Waals surface area (Å²) >= 11 is 0. The van der Waals surface area contributed by atoms with E-state index in [0.29, 0.717) is 0 Å². The molecule has 3 rings (SSSR count). The van der Waals surface area contributed by atoms with Crippen LogP contribution in [0.2, 0.25) is 0 Å². The Kier molecular flexibility index (Phi) is 3.75. The molecule has 1 fully saturated rings. The van der Waals surface area contributed by atoms with Crippen LogP contribution in [0.1, 0.15) is 13.2 Å². The number of hydrogen-bond donors (Lipinski definition) is 3. The van der Waals surface area contributed by atoms with E-state index in [1.807, 2.05) is 0 Å². The van der Waals surface area contributed by atoms with Gasteiger partial charge in [0.2, 0.25) is 5.95 Å². The van der Waals surface area contributed by atoms with Gasteiger partial charge in [0.15, 0.2) is 23.6 Å². The van der Waals surface area contributed by atoms with Gasteiger partial charge in [-0.2, -0.15) is 4.98 Å². The normalized spacial score (nSPS) is 29.5. The Hall–Kier alpha value is -2.89. The van der Waals surface area contributed by atoms with Crippen LogP contribution in [0.25, 0.3) is 21.6 Å². The average molecular weight is 340 g/mol. The Morgan fingerprint density at radius 1 is 1.75 bits per heavy atom. The number of anilines is 1. The van der Waals surface area contributed by atoms with Crippen molar-refractivity contribution in [3.8, 4) is 0 Å². The molecule has 2 aromatic heterocycles. The van der Waals surface area contributed by atoms with E-state index in [9.17, 15) is 14.3 Å². The molecule has 1 saturated heterocycles. The van der Waals surface area contributed by atoms with Gasteiger partial charge in [-0.15, -0.1) is 0 Å². The third-order valence-corrected chi connectivity index (χ3v) is 3.76. The van der Waals surface area contributed by atoms with Crippen LogP contribution in [-0.4, -0.2) is 49.1 Å². The zero-order valence-electron chi connectivity index (χ0n) is 12.3. The van der Waals surface area contributed by atoms with Crippen LogP contribution in [-0.2, 0) is 9.57 Å². The van der Waals surface area contributed by atoms with E-state index in [2.05, 4.69) is 30.0 Å². The van der Waals surface area contributed by atoms with Gasteiger partial charge in [0, 0.05) is 4.91 Å². The van der Waals surface area contributed by atoms with Gasteiger partial charge in [0.25, 0.3) is 5.56 Å². The van der Waals surface area contributed by atoms with Gasteiger partial charge in [-0.05, 0) is 12.5 Å². The summed E-state index contributed by atoms with van der Waals surface area (Å²) in [7, 11) is 0. The van der Waals surface area contributed by atoms with Crippen LogP contribution in [0, 0.1) is 0 Å². The topological polar surface area (TPSA) is 177 Å². The third kappa shape index (κ3) is 2.40. The van der Waals surface area contributed by atoms with Crippen LogP contribution in [0.3, 0.4) is 0 Å². The Bertz CT molecular complexity index is 877. The molecule has 1 aliphatic heterocycles. The highest BCUT2D eigenvalue weighted by Gasteiger charge is 2.54. The van der Waals surface area contributed by atoms with E-state index in [-0.39, 0.29) is 23.7 Å². The van der Waals surface area contributed by atoms with Crippen LogP contribution in [0.5, 0.6) is 0 Å². The van der Waals surface area contributed by atoms with Gasteiger partial charge in [0.05, 0.1) is 6.33 Å². The highest BCUT2D eigenvalue weighted by Crippen LogP contribution is 2.40. The molecule has 12 nitrogen and oxygen atoms in total. The number of nitrogens with one attached hydrogen (secondary N) is 1. The molecule has 0 radical (unpaired) electrons. The number of aromatic nitrogens is 4. The maximum atomic E-state index is 14.6. The summed E-state index contributed by atoms with van der Waals surface area (Å²) in [5.74, 6) is -0.169. The number of nitrogens with two attached hydrogens (primary N) is 1. The number of rotatable bonds is 4. The number of imidazole rings is 1. The monoisotopic (exact) mass is 340 g/mol. The molecule has 0 spiro atoms. The quantitative estimate of drug-likeness (QED) is 0.302. The molecular weight excluding hydrogens is 327 g/mol. The first-order valence-electron chi connectivity index (χ1n) is 6.76. The fourth-order valence-electron chi connectivity index (χ4n) is 2.55. The van der Waals surface area contributed by atoms with E-state index in [1.165, 1.54) is 6.92 Å². The first-order valence-corrected chi connectivity index (χ1v) is 6.76. The summed E-state index contributed by atoms with van der Waals surface area (Å²) < 4.78 is 21.3. The van der Waals surface area contributed by atoms with E-state index in [0.717, 1.165) is 10.9 Å². The zero-order valence-corrected chi connectivity index (χ0v) is 12.3. The Balaban J connectivity index is 1.98. The summed E-state index contributed by atoms with van der Waals surface area (Å²) in [5.41, 5.74) is 11.6. The molecular formula is C11H13FN8O4. The smallest absolute Gasteiger partial charge is 0.280 e. The van der Waals surface area contributed by atoms with Crippen molar-refractivity contribution in [2.75, 3.05) is 12.3 Å². The van der Waals surface area contributed by atoms with Crippen molar-refractivity contribution in [2.45, 2.75) is 31.0 Å². The molecule has 4 atom stereocenters. The number of ether oxygens (including phenoxy) is 1. The maximum Gasteiger partial charge on any atom is 0.280 e. The van der Waals surface area contributed by atoms with Gasteiger partial charge in [0.1, 0.15) is 23.6 Å². The lowest BCUT2D eigenvalue weighted by molar-refractivity contribution is -0.129. The van der Waals surface area contributed by atoms with Gasteiger partial charge >= 0.3 is 0 Å². The van der Waals surface area contributed by atoms with Gasteiger partial charge in [-0.25, -0.2) is 9.37 Å². The number of alkyl halides is 1. The Morgan fingerprint density at radius 2 is 2.50 bits per heavy atom. The van der Waals surface area contributed by atoms with Crippen molar-refractivity contribution in [2.24, 2.45) is 5.28 Å². The number of fused-ring (bicyclic) bond motifs is 1. The van der Waals surface area contributed by atoms with Crippen LogP contribution in [0.15, 0.2) is 16.4 Å². The van der Waals surface area contributed by atoms with Crippen LogP contribution >= 0.6 is 0 Å². The first kappa shape index (κ1) is 16.0. The lowest BCUT2D eigenvalue weighted by Crippen LogP contribution is -2.42. The van der Waals surface area contributed by atoms with Crippen LogP contribution in [0.4, 0.5) is 10.3 Å². The van der Waals surface area contributed by atoms with E-state index in [4.69, 9.17) is 16.0 Å². The summed E-state index contributed by atoms with van der Waals surface area (Å²) in [6, 6.07) is 0. The minimum Gasteiger partial charge on any atom is -0.430 e. The minimum atomic E-state index is -1.87. The number of nitrogens with zero attached hydrogens (tertiary/aromatic N) is 6. The average Bonchev–Trinajstić information content (AvgIpc) is 3.03. The first-order chi connectivity index (χ1) is 11.4. The lowest BCUT2D eigenvalue weighted by Gasteiger charge is -2.25. The summed E-state index contributed by atoms with van der Waals surface area (Å²) in [4.78, 5) is 28.8. The number of aliphatic hydroxyl groups excluding tert-OH is 1. The lowest BCUT2D eigenvalue weighted by atomic mass is 9.99. The molecule has 0 bridgehead atoms. The van der Waals surface area contributed by atoms with Crippen LogP contribution < -0.4 is 11.3 Å². The van der Waals surface area contributed by atoms with Crippen molar-refractivity contribution in [3.63, 3.8) is 0 Å². The van der Waals surface area contributed by atoms with E-state index >= 15 is 0 Å². The maximum absolute atomic E-state index is 14.6. The molecule has 0 aromatic carbocycles. The number of aromatic amines is 1. The molecule has 128 valence electrons. The largest absolute Gasteiger partial charge is 0.430 e. The Labute approximate surface area is 132 Å². The molecule has 0 amide bonds. The fraction of sp³-hybridized carbons (Fsp3) is 0.545. The SMILES string of the molecule is C[C@]1(CON=[N+]=[N-])O[C@@H](n2cnc3c(=O)[nH]c(N)nc32)[C@H](F)[C@@H]1O. The molecule has 2 aromatic rings. The van der Waals surface area contributed by atoms with E-state index in [1.54, 1.807) is 0 Å². The van der Waals surface area contributed by atoms with Crippen molar-refractivity contribution in [1.82, 2.24) is 19.5 Å². The van der Waals surface area contributed by atoms with Gasteiger partial charge in [-0.3, -0.25) is 14.3 Å². The molecule has 13 heteroatoms. The van der Waals surface area contributed by atoms with Crippen molar-refractivity contribution in [3.05, 3.63) is 27.1 Å². The third-order valence-electron chi connectivity index (χ3n) is 3.76. The molecule has 4 N–H and O–H groups in total. The highest BCUT2D eigenvalue weighted by molar-refractivity contribution is 5.70. The number of azide groups is 1. The number of halogens is 1. The predicted octanol–water partition coefficient (Wildman–Crippen LogP) is -0.0698. The molecule has 1 aliphatic rings. The summed E-state index contributed by atoms with van der Waals surface area (Å²) in [5, 5.41) is 13.0. The predicted molar refractivity (Wildman–Crippen MR) is 77.1 cm³/mol. The highest BCUT2D eigenvalue weighted by atomic mass is 19.1. The second-order valence-corrected chi connectivity index (χ2v) is 5.43. The summed E-state index contributed by atoms with van der Waals surface area (Å²) in [6.45, 7) is 1.02. The molecule has 0 aliphatic carbocycles. The molecule has 0 saturated carbocycles. The van der Waals surface area contributed by atoms with Crippen molar-refractivity contribution >= 4 is 17.1 Å². The summed E-state index contributed by atoms with van der Waals surface area (Å²) in [6.07, 6.45) is -3.60. The van der Waals surface area contributed by atoms with Crippen molar-refractivity contribution < 1.29 is 19.1 Å². The Morgan fingerprint density at radius 3 is 3.21 bits per heavy atom. The molecule has 24 heavy (non-hydrogen) atoms. The van der Waals surface area contributed by atoms with Gasteiger partial charge in [-0.1, -0.05) is 0 Å². The van der Waals surface area contributed by atoms with Crippen molar-refractivity contribution in [1.29, 1.82) is 0 Å². The standard InChI is InChI=1S/C11H13FN8O4/c1-11(2-23-19-18-14)6(21)4(12)9(24-11)20-3-15-5-7(20)16-10(13)17-8(5)22/h3-4,6,9,21H,2H2,1H3,(H3,13,16,17,22)/t4-,6+,9-,11-/m1/s1.